The maximum Gasteiger partial charge on any atom is 0.342 e. The van der Waals surface area contributed by atoms with E-state index in [0.29, 0.717) is 27.3 Å². The van der Waals surface area contributed by atoms with Crippen molar-refractivity contribution >= 4 is 28.7 Å². The Balaban J connectivity index is 2.00. The van der Waals surface area contributed by atoms with Gasteiger partial charge in [0.2, 0.25) is 0 Å². The second-order valence-electron chi connectivity index (χ2n) is 6.02. The summed E-state index contributed by atoms with van der Waals surface area (Å²) in [6.07, 6.45) is 0. The lowest BCUT2D eigenvalue weighted by atomic mass is 9.87. The van der Waals surface area contributed by atoms with E-state index in [2.05, 4.69) is 0 Å². The molecular weight excluding hydrogens is 348 g/mol. The molecule has 1 N–H and O–H groups in total. The number of hydrogen-bond acceptors (Lipinski definition) is 3. The van der Waals surface area contributed by atoms with E-state index in [1.54, 1.807) is 24.3 Å². The molecule has 1 aliphatic rings. The van der Waals surface area contributed by atoms with Gasteiger partial charge >= 0.3 is 5.97 Å². The fourth-order valence-corrected chi connectivity index (χ4v) is 3.32. The van der Waals surface area contributed by atoms with Gasteiger partial charge in [-0.25, -0.2) is 4.79 Å². The van der Waals surface area contributed by atoms with Crippen LogP contribution in [0.1, 0.15) is 16.7 Å². The standard InChI is InChI=1S/C22H15ClO3/c23-18-13-11-17(12-14-18)22(25)20(16-9-5-2-6-10-16)19(21(24)26-22)15-7-3-1-4-8-15/h1-14,25H. The Kier molecular flexibility index (Phi) is 4.11. The van der Waals surface area contributed by atoms with Gasteiger partial charge in [-0.15, -0.1) is 0 Å². The first-order chi connectivity index (χ1) is 12.6. The summed E-state index contributed by atoms with van der Waals surface area (Å²) in [7, 11) is 0. The normalized spacial score (nSPS) is 19.5. The second kappa shape index (κ2) is 6.45. The first-order valence-electron chi connectivity index (χ1n) is 8.17. The van der Waals surface area contributed by atoms with Crippen molar-refractivity contribution in [1.29, 1.82) is 0 Å². The maximum absolute atomic E-state index is 12.7. The van der Waals surface area contributed by atoms with Crippen LogP contribution in [0.25, 0.3) is 11.1 Å². The summed E-state index contributed by atoms with van der Waals surface area (Å²) in [6, 6.07) is 25.1. The Morgan fingerprint density at radius 2 is 1.31 bits per heavy atom. The van der Waals surface area contributed by atoms with Crippen LogP contribution in [0.3, 0.4) is 0 Å². The van der Waals surface area contributed by atoms with E-state index in [0.717, 1.165) is 5.56 Å². The molecular formula is C22H15ClO3. The molecule has 26 heavy (non-hydrogen) atoms. The van der Waals surface area contributed by atoms with Crippen LogP contribution in [0.4, 0.5) is 0 Å². The number of benzene rings is 3. The monoisotopic (exact) mass is 362 g/mol. The summed E-state index contributed by atoms with van der Waals surface area (Å²) in [5.74, 6) is -2.44. The molecule has 0 saturated heterocycles. The van der Waals surface area contributed by atoms with Gasteiger partial charge in [0.05, 0.1) is 11.1 Å². The highest BCUT2D eigenvalue weighted by Gasteiger charge is 2.48. The smallest absolute Gasteiger partial charge is 0.342 e. The highest BCUT2D eigenvalue weighted by atomic mass is 35.5. The quantitative estimate of drug-likeness (QED) is 0.690. The average Bonchev–Trinajstić information content (AvgIpc) is 2.95. The Morgan fingerprint density at radius 3 is 1.88 bits per heavy atom. The van der Waals surface area contributed by atoms with Crippen LogP contribution in [-0.2, 0) is 15.3 Å². The van der Waals surface area contributed by atoms with Crippen LogP contribution in [0, 0.1) is 0 Å². The van der Waals surface area contributed by atoms with E-state index in [4.69, 9.17) is 16.3 Å². The lowest BCUT2D eigenvalue weighted by Crippen LogP contribution is -2.28. The van der Waals surface area contributed by atoms with Crippen molar-refractivity contribution in [2.45, 2.75) is 5.79 Å². The first-order valence-corrected chi connectivity index (χ1v) is 8.55. The number of carbonyl (C=O) groups excluding carboxylic acids is 1. The van der Waals surface area contributed by atoms with Gasteiger partial charge in [0.25, 0.3) is 5.79 Å². The molecule has 3 aromatic carbocycles. The summed E-state index contributed by atoms with van der Waals surface area (Å²) in [5.41, 5.74) is 2.64. The molecule has 0 saturated carbocycles. The van der Waals surface area contributed by atoms with Crippen LogP contribution in [0.2, 0.25) is 5.02 Å². The lowest BCUT2D eigenvalue weighted by molar-refractivity contribution is -0.177. The fraction of sp³-hybridized carbons (Fsp3) is 0.0455. The van der Waals surface area contributed by atoms with Crippen molar-refractivity contribution in [3.8, 4) is 0 Å². The number of cyclic esters (lactones) is 1. The van der Waals surface area contributed by atoms with Crippen molar-refractivity contribution in [3.63, 3.8) is 0 Å². The van der Waals surface area contributed by atoms with Gasteiger partial charge in [-0.05, 0) is 23.3 Å². The van der Waals surface area contributed by atoms with Crippen LogP contribution in [-0.4, -0.2) is 11.1 Å². The number of carbonyl (C=O) groups is 1. The SMILES string of the molecule is O=C1OC(O)(c2ccc(Cl)cc2)C(c2ccccc2)=C1c1ccccc1. The van der Waals surface area contributed by atoms with Gasteiger partial charge in [0.15, 0.2) is 0 Å². The fourth-order valence-electron chi connectivity index (χ4n) is 3.20. The van der Waals surface area contributed by atoms with Gasteiger partial charge in [-0.1, -0.05) is 84.4 Å². The Hall–Kier alpha value is -2.88. The van der Waals surface area contributed by atoms with E-state index in [1.165, 1.54) is 0 Å². The largest absolute Gasteiger partial charge is 0.421 e. The second-order valence-corrected chi connectivity index (χ2v) is 6.46. The molecule has 1 atom stereocenters. The Bertz CT molecular complexity index is 979. The van der Waals surface area contributed by atoms with E-state index < -0.39 is 11.8 Å². The van der Waals surface area contributed by atoms with Crippen molar-refractivity contribution in [2.75, 3.05) is 0 Å². The maximum atomic E-state index is 12.7. The minimum atomic E-state index is -1.88. The number of esters is 1. The number of hydrogen-bond donors (Lipinski definition) is 1. The van der Waals surface area contributed by atoms with Gasteiger partial charge in [-0.2, -0.15) is 0 Å². The summed E-state index contributed by atoms with van der Waals surface area (Å²) in [4.78, 5) is 12.7. The van der Waals surface area contributed by atoms with Crippen LogP contribution < -0.4 is 0 Å². The predicted octanol–water partition coefficient (Wildman–Crippen LogP) is 4.65. The molecule has 0 aliphatic carbocycles. The Morgan fingerprint density at radius 1 is 0.769 bits per heavy atom. The molecule has 1 aliphatic heterocycles. The van der Waals surface area contributed by atoms with E-state index in [9.17, 15) is 9.90 Å². The molecule has 0 amide bonds. The molecule has 1 heterocycles. The lowest BCUT2D eigenvalue weighted by Gasteiger charge is -2.25. The molecule has 4 rings (SSSR count). The van der Waals surface area contributed by atoms with Crippen molar-refractivity contribution in [1.82, 2.24) is 0 Å². The first kappa shape index (κ1) is 16.6. The number of halogens is 1. The average molecular weight is 363 g/mol. The van der Waals surface area contributed by atoms with E-state index in [1.807, 2.05) is 60.7 Å². The van der Waals surface area contributed by atoms with Crippen molar-refractivity contribution in [3.05, 3.63) is 107 Å². The highest BCUT2D eigenvalue weighted by molar-refractivity contribution is 6.30. The molecule has 0 fully saturated rings. The Labute approximate surface area is 156 Å². The zero-order chi connectivity index (χ0) is 18.1. The van der Waals surface area contributed by atoms with Gasteiger partial charge < -0.3 is 9.84 Å². The predicted molar refractivity (Wildman–Crippen MR) is 101 cm³/mol. The minimum absolute atomic E-state index is 0.356. The van der Waals surface area contributed by atoms with Gasteiger partial charge in [0.1, 0.15) is 0 Å². The molecule has 1 unspecified atom stereocenters. The minimum Gasteiger partial charge on any atom is -0.421 e. The molecule has 0 aromatic heterocycles. The molecule has 3 aromatic rings. The summed E-state index contributed by atoms with van der Waals surface area (Å²) >= 11 is 5.97. The third-order valence-electron chi connectivity index (χ3n) is 4.39. The number of aliphatic hydroxyl groups is 1. The topological polar surface area (TPSA) is 46.5 Å². The summed E-state index contributed by atoms with van der Waals surface area (Å²) < 4.78 is 5.51. The molecule has 3 nitrogen and oxygen atoms in total. The van der Waals surface area contributed by atoms with E-state index in [-0.39, 0.29) is 0 Å². The van der Waals surface area contributed by atoms with Crippen LogP contribution in [0.5, 0.6) is 0 Å². The zero-order valence-corrected chi connectivity index (χ0v) is 14.5. The third kappa shape index (κ3) is 2.71. The zero-order valence-electron chi connectivity index (χ0n) is 13.7. The van der Waals surface area contributed by atoms with Gasteiger partial charge in [0, 0.05) is 10.6 Å². The molecule has 0 bridgehead atoms. The molecule has 0 spiro atoms. The summed E-state index contributed by atoms with van der Waals surface area (Å²) in [5, 5.41) is 12.0. The molecule has 4 heteroatoms. The van der Waals surface area contributed by atoms with Crippen molar-refractivity contribution in [2.24, 2.45) is 0 Å². The molecule has 128 valence electrons. The van der Waals surface area contributed by atoms with Crippen LogP contribution in [0.15, 0.2) is 84.9 Å². The van der Waals surface area contributed by atoms with Crippen molar-refractivity contribution < 1.29 is 14.6 Å². The summed E-state index contributed by atoms with van der Waals surface area (Å²) in [6.45, 7) is 0. The number of rotatable bonds is 3. The molecule has 0 radical (unpaired) electrons. The third-order valence-corrected chi connectivity index (χ3v) is 4.65. The van der Waals surface area contributed by atoms with Gasteiger partial charge in [-0.3, -0.25) is 0 Å². The van der Waals surface area contributed by atoms with E-state index >= 15 is 0 Å². The number of ether oxygens (including phenoxy) is 1. The van der Waals surface area contributed by atoms with Crippen LogP contribution >= 0.6 is 11.6 Å². The highest BCUT2D eigenvalue weighted by Crippen LogP contribution is 2.48.